The Kier molecular flexibility index (Phi) is 3.68. The predicted octanol–water partition coefficient (Wildman–Crippen LogP) is 1.70. The number of rotatable bonds is 2. The van der Waals surface area contributed by atoms with Crippen molar-refractivity contribution in [2.45, 2.75) is 6.92 Å². The number of anilines is 1. The van der Waals surface area contributed by atoms with Gasteiger partial charge in [0.05, 0.1) is 10.6 Å². The zero-order chi connectivity index (χ0) is 16.7. The van der Waals surface area contributed by atoms with Gasteiger partial charge in [0.15, 0.2) is 0 Å². The summed E-state index contributed by atoms with van der Waals surface area (Å²) >= 11 is 1.51. The van der Waals surface area contributed by atoms with Crippen LogP contribution in [0.15, 0.2) is 24.5 Å². The van der Waals surface area contributed by atoms with Gasteiger partial charge >= 0.3 is 0 Å². The van der Waals surface area contributed by atoms with E-state index < -0.39 is 0 Å². The summed E-state index contributed by atoms with van der Waals surface area (Å²) in [4.78, 5) is 27.2. The minimum atomic E-state index is 0.101. The van der Waals surface area contributed by atoms with Gasteiger partial charge in [0, 0.05) is 51.0 Å². The molecule has 24 heavy (non-hydrogen) atoms. The Labute approximate surface area is 143 Å². The molecule has 7 nitrogen and oxygen atoms in total. The topological polar surface area (TPSA) is 67.2 Å². The SMILES string of the molecule is Cc1nn(C)c2sc(C(=O)N3CCN(c4ncccn4)CC3)cc12. The summed E-state index contributed by atoms with van der Waals surface area (Å²) in [6, 6.07) is 3.78. The molecule has 1 saturated heterocycles. The predicted molar refractivity (Wildman–Crippen MR) is 93.5 cm³/mol. The van der Waals surface area contributed by atoms with Crippen LogP contribution in [-0.2, 0) is 7.05 Å². The summed E-state index contributed by atoms with van der Waals surface area (Å²) in [6.07, 6.45) is 3.49. The Hall–Kier alpha value is -2.48. The first-order valence-corrected chi connectivity index (χ1v) is 8.69. The van der Waals surface area contributed by atoms with E-state index in [4.69, 9.17) is 0 Å². The molecular formula is C16H18N6OS. The van der Waals surface area contributed by atoms with Crippen LogP contribution in [0.4, 0.5) is 5.95 Å². The third-order valence-electron chi connectivity index (χ3n) is 4.31. The van der Waals surface area contributed by atoms with Gasteiger partial charge in [-0.25, -0.2) is 9.97 Å². The molecule has 0 atom stereocenters. The van der Waals surface area contributed by atoms with Gasteiger partial charge in [0.1, 0.15) is 4.83 Å². The molecule has 0 radical (unpaired) electrons. The minimum absolute atomic E-state index is 0.101. The van der Waals surface area contributed by atoms with Crippen molar-refractivity contribution < 1.29 is 4.79 Å². The molecule has 8 heteroatoms. The van der Waals surface area contributed by atoms with Crippen molar-refractivity contribution in [3.63, 3.8) is 0 Å². The quantitative estimate of drug-likeness (QED) is 0.709. The number of carbonyl (C=O) groups excluding carboxylic acids is 1. The lowest BCUT2D eigenvalue weighted by Gasteiger charge is -2.34. The summed E-state index contributed by atoms with van der Waals surface area (Å²) in [6.45, 7) is 4.84. The molecule has 0 spiro atoms. The molecule has 124 valence electrons. The maximum atomic E-state index is 12.8. The average molecular weight is 342 g/mol. The lowest BCUT2D eigenvalue weighted by Crippen LogP contribution is -2.49. The second-order valence-corrected chi connectivity index (χ2v) is 6.90. The van der Waals surface area contributed by atoms with E-state index in [2.05, 4.69) is 20.0 Å². The summed E-state index contributed by atoms with van der Waals surface area (Å²) in [5.41, 5.74) is 0.967. The van der Waals surface area contributed by atoms with Crippen molar-refractivity contribution in [3.05, 3.63) is 35.1 Å². The largest absolute Gasteiger partial charge is 0.337 e. The fraction of sp³-hybridized carbons (Fsp3) is 0.375. The van der Waals surface area contributed by atoms with Crippen molar-refractivity contribution in [2.75, 3.05) is 31.1 Å². The van der Waals surface area contributed by atoms with Crippen LogP contribution in [0.5, 0.6) is 0 Å². The normalized spacial score (nSPS) is 15.2. The summed E-state index contributed by atoms with van der Waals surface area (Å²) in [7, 11) is 1.92. The van der Waals surface area contributed by atoms with Crippen molar-refractivity contribution in [2.24, 2.45) is 7.05 Å². The first-order chi connectivity index (χ1) is 11.6. The molecule has 0 N–H and O–H groups in total. The Morgan fingerprint density at radius 1 is 1.17 bits per heavy atom. The molecule has 0 aromatic carbocycles. The third-order valence-corrected chi connectivity index (χ3v) is 5.50. The molecule has 1 aliphatic heterocycles. The molecule has 3 aromatic heterocycles. The number of aromatic nitrogens is 4. The maximum Gasteiger partial charge on any atom is 0.264 e. The van der Waals surface area contributed by atoms with Crippen LogP contribution < -0.4 is 4.90 Å². The molecule has 1 aliphatic rings. The molecule has 4 rings (SSSR count). The number of nitrogens with zero attached hydrogens (tertiary/aromatic N) is 6. The molecule has 3 aromatic rings. The first-order valence-electron chi connectivity index (χ1n) is 7.88. The molecule has 1 amide bonds. The van der Waals surface area contributed by atoms with Gasteiger partial charge in [-0.1, -0.05) is 0 Å². The van der Waals surface area contributed by atoms with E-state index in [0.717, 1.165) is 39.8 Å². The lowest BCUT2D eigenvalue weighted by molar-refractivity contribution is 0.0751. The molecular weight excluding hydrogens is 324 g/mol. The molecule has 4 heterocycles. The summed E-state index contributed by atoms with van der Waals surface area (Å²) in [5, 5.41) is 5.46. The Bertz CT molecular complexity index is 844. The van der Waals surface area contributed by atoms with Crippen molar-refractivity contribution >= 4 is 33.4 Å². The van der Waals surface area contributed by atoms with Gasteiger partial charge < -0.3 is 9.80 Å². The van der Waals surface area contributed by atoms with E-state index in [1.165, 1.54) is 11.3 Å². The molecule has 0 aliphatic carbocycles. The number of thiophene rings is 1. The molecule has 0 unspecified atom stereocenters. The number of hydrogen-bond acceptors (Lipinski definition) is 6. The van der Waals surface area contributed by atoms with E-state index in [-0.39, 0.29) is 5.91 Å². The standard InChI is InChI=1S/C16H18N6OS/c1-11-12-10-13(24-15(12)20(2)19-11)14(23)21-6-8-22(9-7-21)16-17-4-3-5-18-16/h3-5,10H,6-9H2,1-2H3. The Morgan fingerprint density at radius 2 is 1.88 bits per heavy atom. The zero-order valence-corrected chi connectivity index (χ0v) is 14.5. The van der Waals surface area contributed by atoms with E-state index in [1.54, 1.807) is 12.4 Å². The van der Waals surface area contributed by atoms with Gasteiger partial charge in [-0.2, -0.15) is 5.10 Å². The Balaban J connectivity index is 1.48. The number of hydrogen-bond donors (Lipinski definition) is 0. The summed E-state index contributed by atoms with van der Waals surface area (Å²) < 4.78 is 1.84. The summed E-state index contributed by atoms with van der Waals surface area (Å²) in [5.74, 6) is 0.831. The smallest absolute Gasteiger partial charge is 0.264 e. The van der Waals surface area contributed by atoms with Crippen LogP contribution in [0.2, 0.25) is 0 Å². The second-order valence-electron chi connectivity index (χ2n) is 5.87. The zero-order valence-electron chi connectivity index (χ0n) is 13.6. The number of piperazine rings is 1. The van der Waals surface area contributed by atoms with Crippen LogP contribution in [0.3, 0.4) is 0 Å². The van der Waals surface area contributed by atoms with Crippen molar-refractivity contribution in [1.29, 1.82) is 0 Å². The van der Waals surface area contributed by atoms with Gasteiger partial charge in [0.2, 0.25) is 5.95 Å². The minimum Gasteiger partial charge on any atom is -0.337 e. The van der Waals surface area contributed by atoms with Crippen LogP contribution in [0.1, 0.15) is 15.4 Å². The molecule has 1 fully saturated rings. The maximum absolute atomic E-state index is 12.8. The highest BCUT2D eigenvalue weighted by molar-refractivity contribution is 7.20. The molecule has 0 saturated carbocycles. The van der Waals surface area contributed by atoms with Crippen molar-refractivity contribution in [3.8, 4) is 0 Å². The van der Waals surface area contributed by atoms with Crippen molar-refractivity contribution in [1.82, 2.24) is 24.6 Å². The monoisotopic (exact) mass is 342 g/mol. The van der Waals surface area contributed by atoms with E-state index in [0.29, 0.717) is 13.1 Å². The highest BCUT2D eigenvalue weighted by atomic mass is 32.1. The van der Waals surface area contributed by atoms with E-state index >= 15 is 0 Å². The van der Waals surface area contributed by atoms with Crippen LogP contribution in [0.25, 0.3) is 10.2 Å². The number of aryl methyl sites for hydroxylation is 2. The molecule has 0 bridgehead atoms. The highest BCUT2D eigenvalue weighted by Gasteiger charge is 2.25. The number of amides is 1. The van der Waals surface area contributed by atoms with Gasteiger partial charge in [0.25, 0.3) is 5.91 Å². The average Bonchev–Trinajstić information content (AvgIpc) is 3.17. The third kappa shape index (κ3) is 2.52. The number of fused-ring (bicyclic) bond motifs is 1. The van der Waals surface area contributed by atoms with Crippen LogP contribution in [0, 0.1) is 6.92 Å². The highest BCUT2D eigenvalue weighted by Crippen LogP contribution is 2.28. The Morgan fingerprint density at radius 3 is 2.54 bits per heavy atom. The van der Waals surface area contributed by atoms with Crippen LogP contribution in [-0.4, -0.2) is 56.7 Å². The van der Waals surface area contributed by atoms with E-state index in [1.807, 2.05) is 35.7 Å². The first kappa shape index (κ1) is 15.1. The van der Waals surface area contributed by atoms with Gasteiger partial charge in [-0.05, 0) is 19.1 Å². The fourth-order valence-corrected chi connectivity index (χ4v) is 4.12. The number of carbonyl (C=O) groups is 1. The lowest BCUT2D eigenvalue weighted by atomic mass is 10.2. The fourth-order valence-electron chi connectivity index (χ4n) is 3.03. The van der Waals surface area contributed by atoms with Crippen LogP contribution >= 0.6 is 11.3 Å². The van der Waals surface area contributed by atoms with Gasteiger partial charge in [-0.15, -0.1) is 11.3 Å². The second kappa shape index (κ2) is 5.86. The van der Waals surface area contributed by atoms with Gasteiger partial charge in [-0.3, -0.25) is 9.48 Å². The van der Waals surface area contributed by atoms with E-state index in [9.17, 15) is 4.79 Å².